The first-order valence-corrected chi connectivity index (χ1v) is 26.0. The van der Waals surface area contributed by atoms with Crippen molar-refractivity contribution in [3.8, 4) is 33.4 Å². The molecule has 0 amide bonds. The van der Waals surface area contributed by atoms with E-state index in [9.17, 15) is 0 Å². The van der Waals surface area contributed by atoms with E-state index in [4.69, 9.17) is 0 Å². The Bertz CT molecular complexity index is 3750. The molecule has 2 fully saturated rings. The van der Waals surface area contributed by atoms with Gasteiger partial charge in [0.15, 0.2) is 0 Å². The number of para-hydroxylation sites is 2. The van der Waals surface area contributed by atoms with E-state index in [0.29, 0.717) is 0 Å². The van der Waals surface area contributed by atoms with E-state index >= 15 is 0 Å². The third kappa shape index (κ3) is 5.61. The molecule has 0 saturated heterocycles. The fourth-order valence-electron chi connectivity index (χ4n) is 14.9. The van der Waals surface area contributed by atoms with Crippen LogP contribution < -0.4 is 9.80 Å². The number of nitrogens with zero attached hydrogens (tertiary/aromatic N) is 3. The van der Waals surface area contributed by atoms with Gasteiger partial charge < -0.3 is 9.80 Å². The highest BCUT2D eigenvalue weighted by Crippen LogP contribution is 2.63. The number of hydrogen-bond acceptors (Lipinski definition) is 3. The molecule has 0 bridgehead atoms. The summed E-state index contributed by atoms with van der Waals surface area (Å²) in [5.74, 6) is 0. The molecule has 4 unspecified atom stereocenters. The first-order chi connectivity index (χ1) is 34.2. The molecule has 9 aromatic carbocycles. The minimum atomic E-state index is -0.0356. The van der Waals surface area contributed by atoms with Gasteiger partial charge in [-0.2, -0.15) is 0 Å². The lowest BCUT2D eigenvalue weighted by atomic mass is 9.61. The van der Waals surface area contributed by atoms with Gasteiger partial charge >= 0.3 is 0 Å². The van der Waals surface area contributed by atoms with Crippen LogP contribution in [0.5, 0.6) is 0 Å². The summed E-state index contributed by atoms with van der Waals surface area (Å²) >= 11 is 0. The van der Waals surface area contributed by atoms with Crippen molar-refractivity contribution in [1.29, 1.82) is 0 Å². The summed E-state index contributed by atoms with van der Waals surface area (Å²) in [4.78, 5) is 10.1. The molecule has 70 heavy (non-hydrogen) atoms. The Labute approximate surface area is 412 Å². The summed E-state index contributed by atoms with van der Waals surface area (Å²) < 4.78 is 0. The number of fused-ring (bicyclic) bond motifs is 11. The Morgan fingerprint density at radius 3 is 1.40 bits per heavy atom. The molecule has 1 aromatic heterocycles. The lowest BCUT2D eigenvalue weighted by molar-refractivity contribution is 0.195. The van der Waals surface area contributed by atoms with Crippen LogP contribution >= 0.6 is 0 Å². The van der Waals surface area contributed by atoms with Gasteiger partial charge in [-0.3, -0.25) is 4.98 Å². The minimum Gasteiger partial charge on any atom is -0.334 e. The van der Waals surface area contributed by atoms with Gasteiger partial charge in [-0.05, 0) is 194 Å². The van der Waals surface area contributed by atoms with E-state index in [-0.39, 0.29) is 21.9 Å². The first-order valence-electron chi connectivity index (χ1n) is 26.0. The highest BCUT2D eigenvalue weighted by atomic mass is 15.3. The molecule has 0 radical (unpaired) electrons. The van der Waals surface area contributed by atoms with Crippen molar-refractivity contribution in [2.45, 2.75) is 101 Å². The molecule has 0 N–H and O–H groups in total. The largest absolute Gasteiger partial charge is 0.334 e. The maximum Gasteiger partial charge on any atom is 0.0517 e. The number of aromatic nitrogens is 1. The normalized spacial score (nSPS) is 23.7. The standard InChI is InChI=1S/C67H59N3/c1-64-33-15-17-35-66(64,3)69(48-22-7-5-8-23-48)60-31-29-45(39-58(60)64)62-51-27-13-14-28-52(51)63(46-30-32-61-59(40-46)65(2)34-16-18-36-67(65,4)70(61)49-24-9-6-10-25-49)57-42-55-53(47-21-19-37-68-43-47)38-44-20-11-12-26-50(44)54(55)41-56(57)62/h5-14,19-32,37-43H,15-18,33-36H2,1-4H3. The summed E-state index contributed by atoms with van der Waals surface area (Å²) in [5.41, 5.74) is 15.7. The summed E-state index contributed by atoms with van der Waals surface area (Å²) in [5, 5.41) is 10.2. The maximum atomic E-state index is 4.66. The predicted molar refractivity (Wildman–Crippen MR) is 296 cm³/mol. The molecule has 10 aromatic rings. The summed E-state index contributed by atoms with van der Waals surface area (Å²) in [6.07, 6.45) is 13.6. The quantitative estimate of drug-likeness (QED) is 0.127. The van der Waals surface area contributed by atoms with Crippen molar-refractivity contribution in [3.05, 3.63) is 199 Å². The Morgan fingerprint density at radius 2 is 0.871 bits per heavy atom. The van der Waals surface area contributed by atoms with Gasteiger partial charge in [0.25, 0.3) is 0 Å². The third-order valence-electron chi connectivity index (χ3n) is 18.8. The van der Waals surface area contributed by atoms with Crippen LogP contribution in [-0.4, -0.2) is 16.1 Å². The molecule has 3 heteroatoms. The van der Waals surface area contributed by atoms with Gasteiger partial charge in [0, 0.05) is 51.5 Å². The fourth-order valence-corrected chi connectivity index (χ4v) is 14.9. The first kappa shape index (κ1) is 41.7. The van der Waals surface area contributed by atoms with Gasteiger partial charge in [0.1, 0.15) is 0 Å². The molecule has 4 aliphatic rings. The van der Waals surface area contributed by atoms with E-state index < -0.39 is 0 Å². The molecule has 342 valence electrons. The highest BCUT2D eigenvalue weighted by molar-refractivity contribution is 6.27. The zero-order valence-electron chi connectivity index (χ0n) is 40.9. The Hall–Kier alpha value is -7.23. The molecule has 2 aliphatic heterocycles. The van der Waals surface area contributed by atoms with Crippen LogP contribution in [0.4, 0.5) is 22.7 Å². The number of anilines is 4. The lowest BCUT2D eigenvalue weighted by Gasteiger charge is -2.50. The SMILES string of the molecule is CC12CCCCC1(C)N(c1ccccc1)c1ccc(-c3c4ccccc4c(-c4ccc5c(c4)C4(C)CCCCC4(C)N5c4ccccc4)c4cc5c(cc34)c(-c3cccnc3)cc3ccccc35)cc12. The molecular weight excluding hydrogens is 847 g/mol. The lowest BCUT2D eigenvalue weighted by Crippen LogP contribution is -2.54. The summed E-state index contributed by atoms with van der Waals surface area (Å²) in [7, 11) is 0. The van der Waals surface area contributed by atoms with Crippen molar-refractivity contribution in [1.82, 2.24) is 4.98 Å². The zero-order valence-corrected chi connectivity index (χ0v) is 40.9. The van der Waals surface area contributed by atoms with Crippen LogP contribution in [0.3, 0.4) is 0 Å². The molecule has 2 saturated carbocycles. The topological polar surface area (TPSA) is 19.4 Å². The summed E-state index contributed by atoms with van der Waals surface area (Å²) in [6, 6.07) is 67.5. The van der Waals surface area contributed by atoms with Crippen LogP contribution in [0.25, 0.3) is 76.5 Å². The maximum absolute atomic E-state index is 4.66. The molecular formula is C67H59N3. The third-order valence-corrected chi connectivity index (χ3v) is 18.8. The monoisotopic (exact) mass is 905 g/mol. The van der Waals surface area contributed by atoms with Crippen LogP contribution in [0.2, 0.25) is 0 Å². The second kappa shape index (κ2) is 15.1. The second-order valence-electron chi connectivity index (χ2n) is 22.1. The molecule has 0 spiro atoms. The average molecular weight is 906 g/mol. The Morgan fingerprint density at radius 1 is 0.386 bits per heavy atom. The summed E-state index contributed by atoms with van der Waals surface area (Å²) in [6.45, 7) is 10.2. The van der Waals surface area contributed by atoms with Crippen LogP contribution in [0, 0.1) is 0 Å². The van der Waals surface area contributed by atoms with Gasteiger partial charge in [-0.15, -0.1) is 0 Å². The van der Waals surface area contributed by atoms with E-state index in [0.717, 1.165) is 5.56 Å². The van der Waals surface area contributed by atoms with E-state index in [1.54, 1.807) is 0 Å². The van der Waals surface area contributed by atoms with Gasteiger partial charge in [0.05, 0.1) is 11.1 Å². The van der Waals surface area contributed by atoms with E-state index in [1.165, 1.54) is 156 Å². The van der Waals surface area contributed by atoms with Crippen molar-refractivity contribution >= 4 is 65.8 Å². The Balaban J connectivity index is 1.09. The van der Waals surface area contributed by atoms with E-state index in [2.05, 4.69) is 218 Å². The molecule has 4 atom stereocenters. The van der Waals surface area contributed by atoms with Gasteiger partial charge in [-0.1, -0.05) is 143 Å². The highest BCUT2D eigenvalue weighted by Gasteiger charge is 2.59. The van der Waals surface area contributed by atoms with E-state index in [1.807, 2.05) is 12.4 Å². The van der Waals surface area contributed by atoms with Crippen LogP contribution in [0.15, 0.2) is 188 Å². The van der Waals surface area contributed by atoms with Crippen LogP contribution in [-0.2, 0) is 10.8 Å². The number of benzene rings is 9. The average Bonchev–Trinajstić information content (AvgIpc) is 3.74. The zero-order chi connectivity index (χ0) is 47.0. The van der Waals surface area contributed by atoms with Gasteiger partial charge in [-0.25, -0.2) is 0 Å². The number of pyridine rings is 1. The molecule has 2 aliphatic carbocycles. The number of hydrogen-bond donors (Lipinski definition) is 0. The smallest absolute Gasteiger partial charge is 0.0517 e. The molecule has 3 heterocycles. The number of rotatable bonds is 5. The molecule has 14 rings (SSSR count). The minimum absolute atomic E-state index is 0.0126. The predicted octanol–water partition coefficient (Wildman–Crippen LogP) is 18.2. The van der Waals surface area contributed by atoms with Crippen molar-refractivity contribution in [3.63, 3.8) is 0 Å². The molecule has 3 nitrogen and oxygen atoms in total. The van der Waals surface area contributed by atoms with Crippen molar-refractivity contribution in [2.24, 2.45) is 0 Å². The fraction of sp³-hybridized carbons (Fsp3) is 0.239. The van der Waals surface area contributed by atoms with Crippen LogP contribution in [0.1, 0.15) is 90.2 Å². The van der Waals surface area contributed by atoms with Gasteiger partial charge in [0.2, 0.25) is 0 Å². The van der Waals surface area contributed by atoms with Crippen molar-refractivity contribution < 1.29 is 0 Å². The Kier molecular flexibility index (Phi) is 9.02. The second-order valence-corrected chi connectivity index (χ2v) is 22.1. The van der Waals surface area contributed by atoms with Crippen molar-refractivity contribution in [2.75, 3.05) is 9.80 Å².